The van der Waals surface area contributed by atoms with Crippen molar-refractivity contribution in [3.05, 3.63) is 10.7 Å². The third kappa shape index (κ3) is 4.75. The van der Waals surface area contributed by atoms with E-state index in [1.807, 2.05) is 0 Å². The maximum atomic E-state index is 5.28. The Morgan fingerprint density at radius 3 is 2.78 bits per heavy atom. The molecule has 6 nitrogen and oxygen atoms in total. The Kier molecular flexibility index (Phi) is 6.92. The minimum atomic E-state index is 0.404. The van der Waals surface area contributed by atoms with Crippen molar-refractivity contribution < 1.29 is 0 Å². The number of hydrogen-bond acceptors (Lipinski definition) is 6. The molecule has 1 aromatic rings. The molecule has 1 rings (SSSR count). The van der Waals surface area contributed by atoms with Gasteiger partial charge in [-0.25, -0.2) is 10.8 Å². The fourth-order valence-electron chi connectivity index (χ4n) is 1.64. The van der Waals surface area contributed by atoms with Gasteiger partial charge in [-0.2, -0.15) is 4.98 Å². The number of nitrogens with one attached hydrogen (secondary N) is 2. The highest BCUT2D eigenvalue weighted by Gasteiger charge is 2.05. The van der Waals surface area contributed by atoms with E-state index in [0.29, 0.717) is 5.95 Å². The molecular formula is C11H21BrN6. The van der Waals surface area contributed by atoms with E-state index >= 15 is 0 Å². The lowest BCUT2D eigenvalue weighted by atomic mass is 10.4. The van der Waals surface area contributed by atoms with Gasteiger partial charge in [-0.15, -0.1) is 0 Å². The zero-order valence-electron chi connectivity index (χ0n) is 10.9. The van der Waals surface area contributed by atoms with E-state index in [1.54, 1.807) is 6.20 Å². The van der Waals surface area contributed by atoms with Gasteiger partial charge in [0.25, 0.3) is 0 Å². The third-order valence-corrected chi connectivity index (χ3v) is 3.16. The van der Waals surface area contributed by atoms with Gasteiger partial charge < -0.3 is 10.2 Å². The number of aromatic nitrogens is 2. The van der Waals surface area contributed by atoms with Crippen molar-refractivity contribution in [1.82, 2.24) is 14.9 Å². The fourth-order valence-corrected chi connectivity index (χ4v) is 1.97. The van der Waals surface area contributed by atoms with Crippen LogP contribution in [0.25, 0.3) is 0 Å². The number of hydrazine groups is 1. The SMILES string of the molecule is CCCN(CC)CCNc1nc(NN)ncc1Br. The molecule has 0 unspecified atom stereocenters. The van der Waals surface area contributed by atoms with E-state index in [1.165, 1.54) is 6.42 Å². The van der Waals surface area contributed by atoms with Gasteiger partial charge in [0, 0.05) is 19.3 Å². The van der Waals surface area contributed by atoms with Gasteiger partial charge in [0.2, 0.25) is 5.95 Å². The zero-order valence-corrected chi connectivity index (χ0v) is 12.5. The Labute approximate surface area is 116 Å². The molecule has 7 heteroatoms. The molecule has 0 amide bonds. The molecule has 0 saturated carbocycles. The first-order valence-corrected chi connectivity index (χ1v) is 6.95. The summed E-state index contributed by atoms with van der Waals surface area (Å²) >= 11 is 3.40. The molecule has 0 bridgehead atoms. The van der Waals surface area contributed by atoms with Gasteiger partial charge >= 0.3 is 0 Å². The van der Waals surface area contributed by atoms with Gasteiger partial charge in [-0.3, -0.25) is 5.43 Å². The smallest absolute Gasteiger partial charge is 0.239 e. The monoisotopic (exact) mass is 316 g/mol. The van der Waals surface area contributed by atoms with Crippen molar-refractivity contribution in [2.75, 3.05) is 36.9 Å². The first-order valence-electron chi connectivity index (χ1n) is 6.16. The molecular weight excluding hydrogens is 296 g/mol. The summed E-state index contributed by atoms with van der Waals surface area (Å²) in [6.45, 7) is 8.39. The second-order valence-electron chi connectivity index (χ2n) is 3.90. The van der Waals surface area contributed by atoms with Crippen LogP contribution in [0, 0.1) is 0 Å². The van der Waals surface area contributed by atoms with Gasteiger partial charge in [0.05, 0.1) is 4.47 Å². The van der Waals surface area contributed by atoms with Crippen LogP contribution in [0.4, 0.5) is 11.8 Å². The summed E-state index contributed by atoms with van der Waals surface area (Å²) in [6.07, 6.45) is 2.85. The van der Waals surface area contributed by atoms with Crippen LogP contribution in [0.5, 0.6) is 0 Å². The molecule has 1 heterocycles. The van der Waals surface area contributed by atoms with Gasteiger partial charge in [0.1, 0.15) is 5.82 Å². The van der Waals surface area contributed by atoms with E-state index in [0.717, 1.165) is 36.5 Å². The molecule has 0 aliphatic rings. The highest BCUT2D eigenvalue weighted by molar-refractivity contribution is 9.10. The van der Waals surface area contributed by atoms with Crippen LogP contribution in [0.3, 0.4) is 0 Å². The Morgan fingerprint density at radius 1 is 1.39 bits per heavy atom. The maximum absolute atomic E-state index is 5.28. The normalized spacial score (nSPS) is 10.7. The highest BCUT2D eigenvalue weighted by atomic mass is 79.9. The lowest BCUT2D eigenvalue weighted by Gasteiger charge is -2.19. The van der Waals surface area contributed by atoms with Crippen LogP contribution in [0.2, 0.25) is 0 Å². The Balaban J connectivity index is 2.47. The summed E-state index contributed by atoms with van der Waals surface area (Å²) in [7, 11) is 0. The van der Waals surface area contributed by atoms with Crippen molar-refractivity contribution in [3.63, 3.8) is 0 Å². The summed E-state index contributed by atoms with van der Waals surface area (Å²) < 4.78 is 0.833. The summed E-state index contributed by atoms with van der Waals surface area (Å²) in [6, 6.07) is 0. The standard InChI is InChI=1S/C11H21BrN6/c1-3-6-18(4-2)7-5-14-10-9(12)8-15-11(16-10)17-13/h8H,3-7,13H2,1-2H3,(H2,14,15,16,17). The van der Waals surface area contributed by atoms with E-state index < -0.39 is 0 Å². The van der Waals surface area contributed by atoms with Gasteiger partial charge in [-0.05, 0) is 35.4 Å². The average molecular weight is 317 g/mol. The quantitative estimate of drug-likeness (QED) is 0.500. The van der Waals surface area contributed by atoms with E-state index in [9.17, 15) is 0 Å². The first kappa shape index (κ1) is 15.1. The van der Waals surface area contributed by atoms with Crippen LogP contribution in [0.1, 0.15) is 20.3 Å². The van der Waals surface area contributed by atoms with Crippen molar-refractivity contribution in [3.8, 4) is 0 Å². The molecule has 0 aromatic carbocycles. The number of nitrogens with two attached hydrogens (primary N) is 1. The topological polar surface area (TPSA) is 79.1 Å². The summed E-state index contributed by atoms with van der Waals surface area (Å²) in [5.74, 6) is 6.44. The molecule has 0 aliphatic heterocycles. The number of nitrogens with zero attached hydrogens (tertiary/aromatic N) is 3. The largest absolute Gasteiger partial charge is 0.368 e. The van der Waals surface area contributed by atoms with Crippen LogP contribution < -0.4 is 16.6 Å². The number of rotatable bonds is 8. The van der Waals surface area contributed by atoms with E-state index in [-0.39, 0.29) is 0 Å². The van der Waals surface area contributed by atoms with Crippen LogP contribution in [-0.4, -0.2) is 41.0 Å². The molecule has 0 aliphatic carbocycles. The minimum Gasteiger partial charge on any atom is -0.368 e. The fraction of sp³-hybridized carbons (Fsp3) is 0.636. The lowest BCUT2D eigenvalue weighted by molar-refractivity contribution is 0.300. The second-order valence-corrected chi connectivity index (χ2v) is 4.75. The van der Waals surface area contributed by atoms with E-state index in [2.05, 4.69) is 55.4 Å². The van der Waals surface area contributed by atoms with Crippen molar-refractivity contribution in [2.45, 2.75) is 20.3 Å². The van der Waals surface area contributed by atoms with Crippen molar-refractivity contribution in [2.24, 2.45) is 5.84 Å². The average Bonchev–Trinajstić information content (AvgIpc) is 2.39. The van der Waals surface area contributed by atoms with Crippen LogP contribution in [-0.2, 0) is 0 Å². The van der Waals surface area contributed by atoms with Gasteiger partial charge in [0.15, 0.2) is 0 Å². The maximum Gasteiger partial charge on any atom is 0.239 e. The molecule has 0 atom stereocenters. The Hall–Kier alpha value is -0.920. The predicted molar refractivity (Wildman–Crippen MR) is 78.4 cm³/mol. The van der Waals surface area contributed by atoms with E-state index in [4.69, 9.17) is 5.84 Å². The summed E-state index contributed by atoms with van der Waals surface area (Å²) in [5.41, 5.74) is 2.43. The second kappa shape index (κ2) is 8.23. The molecule has 1 aromatic heterocycles. The van der Waals surface area contributed by atoms with Crippen molar-refractivity contribution in [1.29, 1.82) is 0 Å². The number of likely N-dealkylation sites (N-methyl/N-ethyl adjacent to an activating group) is 1. The van der Waals surface area contributed by atoms with Crippen LogP contribution >= 0.6 is 15.9 Å². The minimum absolute atomic E-state index is 0.404. The molecule has 0 spiro atoms. The predicted octanol–water partition coefficient (Wildman–Crippen LogP) is 1.67. The lowest BCUT2D eigenvalue weighted by Crippen LogP contribution is -2.29. The van der Waals surface area contributed by atoms with Crippen molar-refractivity contribution >= 4 is 27.7 Å². The highest BCUT2D eigenvalue weighted by Crippen LogP contribution is 2.19. The number of anilines is 2. The van der Waals surface area contributed by atoms with Crippen LogP contribution in [0.15, 0.2) is 10.7 Å². The Bertz CT molecular complexity index is 359. The molecule has 0 radical (unpaired) electrons. The number of hydrogen-bond donors (Lipinski definition) is 3. The zero-order chi connectivity index (χ0) is 13.4. The summed E-state index contributed by atoms with van der Waals surface area (Å²) in [5, 5.41) is 3.28. The molecule has 4 N–H and O–H groups in total. The Morgan fingerprint density at radius 2 is 2.17 bits per heavy atom. The molecule has 102 valence electrons. The summed E-state index contributed by atoms with van der Waals surface area (Å²) in [4.78, 5) is 10.6. The molecule has 0 fully saturated rings. The molecule has 18 heavy (non-hydrogen) atoms. The first-order chi connectivity index (χ1) is 8.71. The van der Waals surface area contributed by atoms with Gasteiger partial charge in [-0.1, -0.05) is 13.8 Å². The number of nitrogen functional groups attached to an aromatic ring is 1. The number of halogens is 1. The third-order valence-electron chi connectivity index (χ3n) is 2.58. The molecule has 0 saturated heterocycles.